The van der Waals surface area contributed by atoms with Crippen molar-refractivity contribution in [2.45, 2.75) is 70.5 Å². The summed E-state index contributed by atoms with van der Waals surface area (Å²) in [6.07, 6.45) is 3.11. The number of fused-ring (bicyclic) bond motifs is 3. The van der Waals surface area contributed by atoms with Crippen LogP contribution in [-0.2, 0) is 11.3 Å². The Labute approximate surface area is 253 Å². The minimum absolute atomic E-state index is 0.0573. The van der Waals surface area contributed by atoms with Crippen LogP contribution in [0.4, 0.5) is 14.6 Å². The molecule has 2 aliphatic rings. The number of anilines is 1. The molecule has 2 aliphatic heterocycles. The summed E-state index contributed by atoms with van der Waals surface area (Å²) in [4.78, 5) is 14.4. The van der Waals surface area contributed by atoms with Gasteiger partial charge in [0.05, 0.1) is 30.8 Å². The Morgan fingerprint density at radius 3 is 2.30 bits per heavy atom. The summed E-state index contributed by atoms with van der Waals surface area (Å²) in [6.45, 7) is 8.33. The van der Waals surface area contributed by atoms with E-state index in [0.717, 1.165) is 47.6 Å². The molecule has 2 saturated heterocycles. The van der Waals surface area contributed by atoms with Crippen molar-refractivity contribution >= 4 is 22.8 Å². The van der Waals surface area contributed by atoms with E-state index in [0.29, 0.717) is 31.2 Å². The summed E-state index contributed by atoms with van der Waals surface area (Å²) in [5.74, 6) is 1.35. The Balaban J connectivity index is 1.30. The van der Waals surface area contributed by atoms with Crippen LogP contribution in [-0.4, -0.2) is 83.1 Å². The maximum atomic E-state index is 14.0. The number of hydrogen-bond donors (Lipinski definition) is 1. The van der Waals surface area contributed by atoms with Crippen molar-refractivity contribution in [2.75, 3.05) is 24.6 Å². The molecule has 5 aromatic rings. The smallest absolute Gasteiger partial charge is 0.258 e. The van der Waals surface area contributed by atoms with Crippen molar-refractivity contribution in [3.8, 4) is 0 Å². The van der Waals surface area contributed by atoms with E-state index in [1.54, 1.807) is 37.5 Å². The van der Waals surface area contributed by atoms with E-state index in [1.165, 1.54) is 24.3 Å². The molecule has 230 valence electrons. The SMILES string of the molecule is Cc1nc2c(N3C[C@@H]([C@H](C)O)N(C(c4ccc(F)cc4)c4ccc(F)cc4)C[C@@H]3C)nc3nncn3c2n1C[C@@H]1CCCO1. The van der Waals surface area contributed by atoms with Gasteiger partial charge in [-0.05, 0) is 69.0 Å². The van der Waals surface area contributed by atoms with Gasteiger partial charge in [0.15, 0.2) is 11.5 Å². The summed E-state index contributed by atoms with van der Waals surface area (Å²) in [7, 11) is 0. The number of imidazole rings is 1. The Kier molecular flexibility index (Phi) is 7.51. The Morgan fingerprint density at radius 2 is 1.68 bits per heavy atom. The Morgan fingerprint density at radius 1 is 1.00 bits per heavy atom. The number of aromatic nitrogens is 6. The lowest BCUT2D eigenvalue weighted by molar-refractivity contribution is 0.0255. The first-order valence-corrected chi connectivity index (χ1v) is 15.2. The fourth-order valence-electron chi connectivity index (χ4n) is 6.87. The second kappa shape index (κ2) is 11.5. The number of piperazine rings is 1. The zero-order valence-electron chi connectivity index (χ0n) is 25.0. The molecule has 44 heavy (non-hydrogen) atoms. The minimum atomic E-state index is -0.723. The van der Waals surface area contributed by atoms with Crippen LogP contribution in [0.25, 0.3) is 16.9 Å². The number of hydrogen-bond acceptors (Lipinski definition) is 8. The number of rotatable bonds is 7. The van der Waals surface area contributed by atoms with E-state index in [1.807, 2.05) is 11.3 Å². The third-order valence-corrected chi connectivity index (χ3v) is 9.07. The quantitative estimate of drug-likeness (QED) is 0.295. The molecule has 4 atom stereocenters. The standard InChI is InChI=1S/C32H36F2N8O2/c1-19-15-41(29(22-6-10-24(33)11-7-22)23-8-12-25(34)13-9-23)27(20(2)43)17-39(19)30-28-31(42-18-35-38-32(42)37-30)40(21(3)36-28)16-26-5-4-14-44-26/h6-13,18-20,26-27,29,43H,4-5,14-17H2,1-3H3/t19-,20-,26-,27-/m0/s1. The van der Waals surface area contributed by atoms with Crippen LogP contribution in [0.15, 0.2) is 54.9 Å². The highest BCUT2D eigenvalue weighted by Gasteiger charge is 2.40. The molecule has 5 heterocycles. The molecule has 0 saturated carbocycles. The molecule has 3 aromatic heterocycles. The lowest BCUT2D eigenvalue weighted by atomic mass is 9.92. The van der Waals surface area contributed by atoms with Gasteiger partial charge in [-0.3, -0.25) is 4.90 Å². The molecule has 0 aliphatic carbocycles. The first-order valence-electron chi connectivity index (χ1n) is 15.2. The topological polar surface area (TPSA) is 96.8 Å². The normalized spacial score (nSPS) is 22.1. The predicted octanol–water partition coefficient (Wildman–Crippen LogP) is 4.29. The van der Waals surface area contributed by atoms with Crippen molar-refractivity contribution in [3.63, 3.8) is 0 Å². The average Bonchev–Trinajstić information content (AvgIpc) is 3.76. The van der Waals surface area contributed by atoms with Crippen LogP contribution in [0.2, 0.25) is 0 Å². The number of ether oxygens (including phenoxy) is 1. The maximum Gasteiger partial charge on any atom is 0.258 e. The zero-order chi connectivity index (χ0) is 30.5. The lowest BCUT2D eigenvalue weighted by Gasteiger charge is -2.50. The summed E-state index contributed by atoms with van der Waals surface area (Å²) in [5, 5.41) is 19.7. The van der Waals surface area contributed by atoms with Gasteiger partial charge in [-0.2, -0.15) is 4.98 Å². The van der Waals surface area contributed by atoms with E-state index < -0.39 is 6.10 Å². The fraction of sp³-hybridized carbons (Fsp3) is 0.438. The number of aliphatic hydroxyl groups excluding tert-OH is 1. The van der Waals surface area contributed by atoms with Gasteiger partial charge in [-0.1, -0.05) is 24.3 Å². The number of aryl methyl sites for hydroxylation is 1. The number of aliphatic hydroxyl groups is 1. The van der Waals surface area contributed by atoms with Gasteiger partial charge < -0.3 is 19.3 Å². The lowest BCUT2D eigenvalue weighted by Crippen LogP contribution is -2.61. The highest BCUT2D eigenvalue weighted by atomic mass is 19.1. The van der Waals surface area contributed by atoms with Crippen molar-refractivity contribution < 1.29 is 18.6 Å². The van der Waals surface area contributed by atoms with Crippen molar-refractivity contribution in [2.24, 2.45) is 0 Å². The average molecular weight is 603 g/mol. The monoisotopic (exact) mass is 602 g/mol. The van der Waals surface area contributed by atoms with Gasteiger partial charge >= 0.3 is 0 Å². The highest BCUT2D eigenvalue weighted by Crippen LogP contribution is 2.37. The van der Waals surface area contributed by atoms with Gasteiger partial charge in [0, 0.05) is 25.7 Å². The molecular weight excluding hydrogens is 566 g/mol. The molecule has 0 radical (unpaired) electrons. The number of halogens is 2. The van der Waals surface area contributed by atoms with E-state index in [4.69, 9.17) is 14.7 Å². The summed E-state index contributed by atoms with van der Waals surface area (Å²) in [6, 6.07) is 12.0. The summed E-state index contributed by atoms with van der Waals surface area (Å²) >= 11 is 0. The van der Waals surface area contributed by atoms with Crippen LogP contribution in [0.5, 0.6) is 0 Å². The van der Waals surface area contributed by atoms with Crippen molar-refractivity contribution in [1.82, 2.24) is 34.0 Å². The molecule has 10 nitrogen and oxygen atoms in total. The molecule has 7 rings (SSSR count). The molecular formula is C32H36F2N8O2. The largest absolute Gasteiger partial charge is 0.392 e. The van der Waals surface area contributed by atoms with Crippen molar-refractivity contribution in [1.29, 1.82) is 0 Å². The predicted molar refractivity (Wildman–Crippen MR) is 161 cm³/mol. The van der Waals surface area contributed by atoms with Crippen LogP contribution in [0.3, 0.4) is 0 Å². The summed E-state index contributed by atoms with van der Waals surface area (Å²) in [5.41, 5.74) is 3.32. The molecule has 0 unspecified atom stereocenters. The highest BCUT2D eigenvalue weighted by molar-refractivity contribution is 5.87. The summed E-state index contributed by atoms with van der Waals surface area (Å²) < 4.78 is 37.9. The van der Waals surface area contributed by atoms with Gasteiger partial charge in [0.25, 0.3) is 5.78 Å². The molecule has 2 fully saturated rings. The molecule has 1 N–H and O–H groups in total. The first-order chi connectivity index (χ1) is 21.3. The second-order valence-corrected chi connectivity index (χ2v) is 12.0. The van der Waals surface area contributed by atoms with E-state index >= 15 is 0 Å². The van der Waals surface area contributed by atoms with Crippen LogP contribution < -0.4 is 4.90 Å². The first kappa shape index (κ1) is 28.8. The minimum Gasteiger partial charge on any atom is -0.392 e. The third kappa shape index (κ3) is 5.10. The van der Waals surface area contributed by atoms with Gasteiger partial charge in [0.1, 0.15) is 29.3 Å². The number of benzene rings is 2. The molecule has 2 aromatic carbocycles. The third-order valence-electron chi connectivity index (χ3n) is 9.07. The second-order valence-electron chi connectivity index (χ2n) is 12.0. The Hall–Kier alpha value is -4.00. The van der Waals surface area contributed by atoms with Crippen LogP contribution in [0.1, 0.15) is 49.7 Å². The Bertz CT molecular complexity index is 1720. The molecule has 12 heteroatoms. The number of nitrogens with zero attached hydrogens (tertiary/aromatic N) is 8. The zero-order valence-corrected chi connectivity index (χ0v) is 25.0. The maximum absolute atomic E-state index is 14.0. The molecule has 0 bridgehead atoms. The van der Waals surface area contributed by atoms with E-state index in [9.17, 15) is 13.9 Å². The van der Waals surface area contributed by atoms with Crippen LogP contribution in [0, 0.1) is 18.6 Å². The van der Waals surface area contributed by atoms with Gasteiger partial charge in [0.2, 0.25) is 0 Å². The molecule has 0 spiro atoms. The van der Waals surface area contributed by atoms with E-state index in [2.05, 4.69) is 31.5 Å². The van der Waals surface area contributed by atoms with Gasteiger partial charge in [-0.15, -0.1) is 10.2 Å². The van der Waals surface area contributed by atoms with Gasteiger partial charge in [-0.25, -0.2) is 18.2 Å². The van der Waals surface area contributed by atoms with Crippen molar-refractivity contribution in [3.05, 3.63) is 83.4 Å². The fourth-order valence-corrected chi connectivity index (χ4v) is 6.87. The van der Waals surface area contributed by atoms with Crippen LogP contribution >= 0.6 is 0 Å². The van der Waals surface area contributed by atoms with E-state index in [-0.39, 0.29) is 35.9 Å². The molecule has 0 amide bonds.